The molecule has 19 heavy (non-hydrogen) atoms. The normalized spacial score (nSPS) is 19.9. The van der Waals surface area contributed by atoms with E-state index in [0.717, 1.165) is 12.0 Å². The zero-order valence-electron chi connectivity index (χ0n) is 9.60. The van der Waals surface area contributed by atoms with Crippen molar-refractivity contribution in [1.29, 1.82) is 0 Å². The predicted octanol–water partition coefficient (Wildman–Crippen LogP) is 0.614. The molecule has 7 nitrogen and oxygen atoms in total. The van der Waals surface area contributed by atoms with E-state index in [0.29, 0.717) is 0 Å². The molecule has 1 amide bonds. The molecule has 1 fully saturated rings. The standard InChI is InChI=1S/C9H8F3N3O4/c1-18-6(17)4-2-5(16)15(3-4)8-14-13-7(19-8)9(10,11)12/h4H,2-3H2,1H3. The summed E-state index contributed by atoms with van der Waals surface area (Å²) in [5, 5.41) is 5.96. The molecule has 1 unspecified atom stereocenters. The van der Waals surface area contributed by atoms with Crippen LogP contribution in [0.15, 0.2) is 4.42 Å². The number of carbonyl (C=O) groups excluding carboxylic acids is 2. The summed E-state index contributed by atoms with van der Waals surface area (Å²) in [5.41, 5.74) is 0. The Morgan fingerprint density at radius 3 is 2.68 bits per heavy atom. The third kappa shape index (κ3) is 2.51. The minimum atomic E-state index is -4.78. The summed E-state index contributed by atoms with van der Waals surface area (Å²) in [6.45, 7) is -0.148. The Hall–Kier alpha value is -2.13. The molecule has 0 spiro atoms. The fraction of sp³-hybridized carbons (Fsp3) is 0.556. The van der Waals surface area contributed by atoms with Crippen molar-refractivity contribution in [2.45, 2.75) is 12.6 Å². The van der Waals surface area contributed by atoms with Crippen LogP contribution in [0.1, 0.15) is 12.3 Å². The van der Waals surface area contributed by atoms with E-state index in [4.69, 9.17) is 0 Å². The van der Waals surface area contributed by atoms with Crippen molar-refractivity contribution in [1.82, 2.24) is 10.2 Å². The van der Waals surface area contributed by atoms with Crippen molar-refractivity contribution in [3.8, 4) is 0 Å². The summed E-state index contributed by atoms with van der Waals surface area (Å²) in [5.74, 6) is -3.49. The topological polar surface area (TPSA) is 85.5 Å². The Kier molecular flexibility index (Phi) is 3.16. The first-order valence-corrected chi connectivity index (χ1v) is 5.12. The van der Waals surface area contributed by atoms with E-state index in [9.17, 15) is 22.8 Å². The van der Waals surface area contributed by atoms with Crippen LogP contribution in [-0.2, 0) is 20.5 Å². The molecule has 1 aliphatic rings. The number of nitrogens with zero attached hydrogens (tertiary/aromatic N) is 3. The minimum Gasteiger partial charge on any atom is -0.469 e. The van der Waals surface area contributed by atoms with Crippen LogP contribution in [0.25, 0.3) is 0 Å². The monoisotopic (exact) mass is 279 g/mol. The maximum atomic E-state index is 12.3. The van der Waals surface area contributed by atoms with E-state index in [-0.39, 0.29) is 13.0 Å². The highest BCUT2D eigenvalue weighted by Crippen LogP contribution is 2.31. The number of methoxy groups -OCH3 is 1. The second kappa shape index (κ2) is 4.52. The van der Waals surface area contributed by atoms with Crippen LogP contribution in [0.3, 0.4) is 0 Å². The van der Waals surface area contributed by atoms with E-state index in [1.807, 2.05) is 0 Å². The van der Waals surface area contributed by atoms with E-state index >= 15 is 0 Å². The zero-order chi connectivity index (χ0) is 14.2. The fourth-order valence-corrected chi connectivity index (χ4v) is 1.66. The molecule has 0 bridgehead atoms. The summed E-state index contributed by atoms with van der Waals surface area (Å²) in [6, 6.07) is -0.580. The Labute approximate surface area is 104 Å². The van der Waals surface area contributed by atoms with Gasteiger partial charge in [-0.15, -0.1) is 5.10 Å². The first-order valence-electron chi connectivity index (χ1n) is 5.12. The smallest absolute Gasteiger partial charge is 0.469 e. The quantitative estimate of drug-likeness (QED) is 0.737. The van der Waals surface area contributed by atoms with E-state index < -0.39 is 35.9 Å². The summed E-state index contributed by atoms with van der Waals surface area (Å²) in [6.07, 6.45) is -4.95. The van der Waals surface area contributed by atoms with E-state index in [1.165, 1.54) is 0 Å². The number of ether oxygens (including phenoxy) is 1. The maximum absolute atomic E-state index is 12.3. The third-order valence-corrected chi connectivity index (χ3v) is 2.55. The number of halogens is 3. The summed E-state index contributed by atoms with van der Waals surface area (Å²) >= 11 is 0. The number of anilines is 1. The number of amides is 1. The highest BCUT2D eigenvalue weighted by Gasteiger charge is 2.42. The van der Waals surface area contributed by atoms with Gasteiger partial charge in [-0.2, -0.15) is 13.2 Å². The number of hydrogen-bond acceptors (Lipinski definition) is 6. The number of hydrogen-bond donors (Lipinski definition) is 0. The van der Waals surface area contributed by atoms with Crippen LogP contribution in [0.5, 0.6) is 0 Å². The molecule has 1 aromatic rings. The summed E-state index contributed by atoms with van der Waals surface area (Å²) < 4.78 is 45.6. The van der Waals surface area contributed by atoms with Gasteiger partial charge in [-0.1, -0.05) is 5.10 Å². The van der Waals surface area contributed by atoms with E-state index in [2.05, 4.69) is 19.4 Å². The summed E-state index contributed by atoms with van der Waals surface area (Å²) in [7, 11) is 1.16. The second-order valence-electron chi connectivity index (χ2n) is 3.82. The Balaban J connectivity index is 2.17. The van der Waals surface area contributed by atoms with Crippen molar-refractivity contribution < 1.29 is 31.9 Å². The van der Waals surface area contributed by atoms with Gasteiger partial charge in [0.05, 0.1) is 13.0 Å². The van der Waals surface area contributed by atoms with Gasteiger partial charge in [0.1, 0.15) is 0 Å². The molecule has 2 rings (SSSR count). The van der Waals surface area contributed by atoms with Gasteiger partial charge in [0.15, 0.2) is 0 Å². The highest BCUT2D eigenvalue weighted by molar-refractivity contribution is 5.97. The maximum Gasteiger partial charge on any atom is 0.470 e. The largest absolute Gasteiger partial charge is 0.470 e. The molecule has 0 N–H and O–H groups in total. The average molecular weight is 279 g/mol. The molecule has 0 saturated carbocycles. The number of aromatic nitrogens is 2. The molecule has 1 aliphatic heterocycles. The number of alkyl halides is 3. The molecule has 0 radical (unpaired) electrons. The van der Waals surface area contributed by atoms with Crippen LogP contribution < -0.4 is 4.90 Å². The lowest BCUT2D eigenvalue weighted by Gasteiger charge is -2.10. The molecule has 1 saturated heterocycles. The first-order chi connectivity index (χ1) is 8.82. The molecular formula is C9H8F3N3O4. The first kappa shape index (κ1) is 13.3. The van der Waals surface area contributed by atoms with E-state index in [1.54, 1.807) is 0 Å². The fourth-order valence-electron chi connectivity index (χ4n) is 1.66. The van der Waals surface area contributed by atoms with Crippen LogP contribution in [0.4, 0.5) is 19.2 Å². The molecular weight excluding hydrogens is 271 g/mol. The van der Waals surface area contributed by atoms with Crippen LogP contribution in [-0.4, -0.2) is 35.7 Å². The number of esters is 1. The Morgan fingerprint density at radius 1 is 1.47 bits per heavy atom. The van der Waals surface area contributed by atoms with Crippen LogP contribution in [0.2, 0.25) is 0 Å². The lowest BCUT2D eigenvalue weighted by Crippen LogP contribution is -2.26. The van der Waals surface area contributed by atoms with Gasteiger partial charge >= 0.3 is 24.1 Å². The Bertz CT molecular complexity index is 513. The van der Waals surface area contributed by atoms with Gasteiger partial charge < -0.3 is 9.15 Å². The van der Waals surface area contributed by atoms with Crippen molar-refractivity contribution in [2.75, 3.05) is 18.6 Å². The van der Waals surface area contributed by atoms with Crippen molar-refractivity contribution in [3.05, 3.63) is 5.89 Å². The van der Waals surface area contributed by atoms with Gasteiger partial charge in [-0.25, -0.2) is 0 Å². The highest BCUT2D eigenvalue weighted by atomic mass is 19.4. The SMILES string of the molecule is COC(=O)C1CC(=O)N(c2nnc(C(F)(F)F)o2)C1. The van der Waals surface area contributed by atoms with Crippen LogP contribution >= 0.6 is 0 Å². The molecule has 1 aromatic heterocycles. The number of rotatable bonds is 2. The van der Waals surface area contributed by atoms with Crippen molar-refractivity contribution >= 4 is 17.9 Å². The van der Waals surface area contributed by atoms with Crippen molar-refractivity contribution in [2.24, 2.45) is 5.92 Å². The average Bonchev–Trinajstić information content (AvgIpc) is 2.93. The van der Waals surface area contributed by atoms with Crippen molar-refractivity contribution in [3.63, 3.8) is 0 Å². The molecule has 0 aliphatic carbocycles. The molecule has 2 heterocycles. The zero-order valence-corrected chi connectivity index (χ0v) is 9.60. The molecule has 0 aromatic carbocycles. The van der Waals surface area contributed by atoms with Gasteiger partial charge in [0.25, 0.3) is 0 Å². The van der Waals surface area contributed by atoms with Gasteiger partial charge in [-0.05, 0) is 0 Å². The number of carbonyl (C=O) groups is 2. The Morgan fingerprint density at radius 2 is 2.16 bits per heavy atom. The van der Waals surface area contributed by atoms with Crippen LogP contribution in [0, 0.1) is 5.92 Å². The van der Waals surface area contributed by atoms with Gasteiger partial charge in [0.2, 0.25) is 5.91 Å². The van der Waals surface area contributed by atoms with Gasteiger partial charge in [-0.3, -0.25) is 14.5 Å². The third-order valence-electron chi connectivity index (χ3n) is 2.55. The second-order valence-corrected chi connectivity index (χ2v) is 3.82. The molecule has 10 heteroatoms. The van der Waals surface area contributed by atoms with Gasteiger partial charge in [0, 0.05) is 13.0 Å². The lowest BCUT2D eigenvalue weighted by atomic mass is 10.1. The minimum absolute atomic E-state index is 0.148. The predicted molar refractivity (Wildman–Crippen MR) is 51.8 cm³/mol. The molecule has 104 valence electrons. The molecule has 1 atom stereocenters. The summed E-state index contributed by atoms with van der Waals surface area (Å²) in [4.78, 5) is 23.7. The lowest BCUT2D eigenvalue weighted by molar-refractivity contribution is -0.157.